The monoisotopic (exact) mass is 333 g/mol. The molecule has 3 unspecified atom stereocenters. The molecule has 0 aromatic heterocycles. The number of hydrogen-bond acceptors (Lipinski definition) is 3. The summed E-state index contributed by atoms with van der Waals surface area (Å²) >= 11 is 0. The Bertz CT molecular complexity index is 560. The van der Waals surface area contributed by atoms with Crippen molar-refractivity contribution in [2.45, 2.75) is 45.1 Å². The summed E-state index contributed by atoms with van der Waals surface area (Å²) in [5.74, 6) is -2.04. The van der Waals surface area contributed by atoms with E-state index in [4.69, 9.17) is 0 Å². The minimum absolute atomic E-state index is 0.0501. The summed E-state index contributed by atoms with van der Waals surface area (Å²) in [5.41, 5.74) is 1.03. The van der Waals surface area contributed by atoms with Gasteiger partial charge in [0.05, 0.1) is 24.5 Å². The van der Waals surface area contributed by atoms with Gasteiger partial charge in [-0.15, -0.1) is 0 Å². The largest absolute Gasteiger partial charge is 0.481 e. The van der Waals surface area contributed by atoms with Crippen LogP contribution >= 0.6 is 0 Å². The topological polar surface area (TPSA) is 86.6 Å². The van der Waals surface area contributed by atoms with Crippen molar-refractivity contribution in [3.8, 4) is 0 Å². The smallest absolute Gasteiger partial charge is 0.307 e. The van der Waals surface area contributed by atoms with Crippen molar-refractivity contribution in [1.82, 2.24) is 5.32 Å². The van der Waals surface area contributed by atoms with E-state index in [1.165, 1.54) is 0 Å². The first kappa shape index (κ1) is 18.5. The van der Waals surface area contributed by atoms with E-state index in [1.807, 2.05) is 44.2 Å². The van der Waals surface area contributed by atoms with Crippen molar-refractivity contribution in [1.29, 1.82) is 0 Å². The molecule has 1 aliphatic rings. The van der Waals surface area contributed by atoms with Gasteiger partial charge in [0.15, 0.2) is 0 Å². The molecule has 0 bridgehead atoms. The molecule has 0 heterocycles. The lowest BCUT2D eigenvalue weighted by Gasteiger charge is -2.33. The zero-order valence-electron chi connectivity index (χ0n) is 14.3. The fourth-order valence-corrected chi connectivity index (χ4v) is 3.58. The highest BCUT2D eigenvalue weighted by Gasteiger charge is 2.39. The molecule has 5 heteroatoms. The molecule has 0 aliphatic heterocycles. The number of aliphatic hydroxyl groups is 1. The number of amides is 1. The summed E-state index contributed by atoms with van der Waals surface area (Å²) in [7, 11) is 0. The average Bonchev–Trinajstić information content (AvgIpc) is 2.59. The van der Waals surface area contributed by atoms with Gasteiger partial charge in [-0.25, -0.2) is 0 Å². The van der Waals surface area contributed by atoms with Crippen molar-refractivity contribution in [3.05, 3.63) is 35.9 Å². The number of hydrogen-bond donors (Lipinski definition) is 3. The highest BCUT2D eigenvalue weighted by molar-refractivity contribution is 5.85. The van der Waals surface area contributed by atoms with Crippen molar-refractivity contribution in [2.24, 2.45) is 17.8 Å². The molecule has 1 aromatic carbocycles. The average molecular weight is 333 g/mol. The Labute approximate surface area is 143 Å². The van der Waals surface area contributed by atoms with Crippen LogP contribution in [0, 0.1) is 17.8 Å². The number of carbonyl (C=O) groups excluding carboxylic acids is 1. The van der Waals surface area contributed by atoms with Gasteiger partial charge in [0.2, 0.25) is 5.91 Å². The number of carboxylic acids is 1. The molecule has 1 amide bonds. The molecular weight excluding hydrogens is 306 g/mol. The molecular formula is C19H27NO4. The maximum Gasteiger partial charge on any atom is 0.307 e. The zero-order chi connectivity index (χ0) is 17.7. The fraction of sp³-hybridized carbons (Fsp3) is 0.579. The maximum absolute atomic E-state index is 12.6. The Morgan fingerprint density at radius 3 is 2.46 bits per heavy atom. The molecule has 132 valence electrons. The number of rotatable bonds is 6. The van der Waals surface area contributed by atoms with Crippen LogP contribution in [0.1, 0.15) is 44.6 Å². The fourth-order valence-electron chi connectivity index (χ4n) is 3.58. The lowest BCUT2D eigenvalue weighted by molar-refractivity contribution is -0.150. The number of aliphatic hydroxyl groups excluding tert-OH is 1. The van der Waals surface area contributed by atoms with Gasteiger partial charge in [-0.2, -0.15) is 0 Å². The molecule has 1 aliphatic carbocycles. The van der Waals surface area contributed by atoms with Crippen LogP contribution < -0.4 is 5.32 Å². The van der Waals surface area contributed by atoms with Gasteiger partial charge in [-0.1, -0.05) is 44.2 Å². The Morgan fingerprint density at radius 1 is 1.21 bits per heavy atom. The summed E-state index contributed by atoms with van der Waals surface area (Å²) in [6.45, 7) is 3.80. The first-order chi connectivity index (χ1) is 11.4. The minimum Gasteiger partial charge on any atom is -0.481 e. The first-order valence-electron chi connectivity index (χ1n) is 8.63. The van der Waals surface area contributed by atoms with Crippen LogP contribution in [0.2, 0.25) is 0 Å². The molecule has 0 spiro atoms. The van der Waals surface area contributed by atoms with E-state index in [1.54, 1.807) is 0 Å². The maximum atomic E-state index is 12.6. The molecule has 0 radical (unpaired) electrons. The van der Waals surface area contributed by atoms with Gasteiger partial charge in [0.1, 0.15) is 0 Å². The minimum atomic E-state index is -0.904. The summed E-state index contributed by atoms with van der Waals surface area (Å²) in [6.07, 6.45) is 1.98. The van der Waals surface area contributed by atoms with Gasteiger partial charge in [0.25, 0.3) is 0 Å². The SMILES string of the molecule is CC1CCC(C(=O)N[C@@H](CO)[C@@H](C)c2ccccc2)C(C(=O)O)C1. The first-order valence-corrected chi connectivity index (χ1v) is 8.63. The number of aliphatic carboxylic acids is 1. The van der Waals surface area contributed by atoms with Gasteiger partial charge in [-0.3, -0.25) is 9.59 Å². The van der Waals surface area contributed by atoms with Crippen LogP contribution in [0.5, 0.6) is 0 Å². The van der Waals surface area contributed by atoms with Crippen LogP contribution in [-0.4, -0.2) is 34.7 Å². The van der Waals surface area contributed by atoms with E-state index < -0.39 is 23.8 Å². The Hall–Kier alpha value is -1.88. The Kier molecular flexibility index (Phi) is 6.37. The molecule has 1 fully saturated rings. The highest BCUT2D eigenvalue weighted by Crippen LogP contribution is 2.34. The van der Waals surface area contributed by atoms with E-state index in [0.29, 0.717) is 18.8 Å². The highest BCUT2D eigenvalue weighted by atomic mass is 16.4. The summed E-state index contributed by atoms with van der Waals surface area (Å²) in [5, 5.41) is 22.0. The van der Waals surface area contributed by atoms with E-state index >= 15 is 0 Å². The van der Waals surface area contributed by atoms with Gasteiger partial charge in [-0.05, 0) is 30.7 Å². The number of carbonyl (C=O) groups is 2. The Balaban J connectivity index is 2.06. The van der Waals surface area contributed by atoms with Crippen LogP contribution in [-0.2, 0) is 9.59 Å². The molecule has 3 N–H and O–H groups in total. The lowest BCUT2D eigenvalue weighted by atomic mass is 9.74. The number of nitrogens with one attached hydrogen (secondary N) is 1. The second-order valence-corrected chi connectivity index (χ2v) is 6.97. The van der Waals surface area contributed by atoms with Crippen molar-refractivity contribution in [2.75, 3.05) is 6.61 Å². The lowest BCUT2D eigenvalue weighted by Crippen LogP contribution is -2.47. The molecule has 2 rings (SSSR count). The van der Waals surface area contributed by atoms with Crippen LogP contribution in [0.25, 0.3) is 0 Å². The summed E-state index contributed by atoms with van der Waals surface area (Å²) in [4.78, 5) is 24.1. The van der Waals surface area contributed by atoms with Gasteiger partial charge < -0.3 is 15.5 Å². The van der Waals surface area contributed by atoms with Crippen molar-refractivity contribution in [3.63, 3.8) is 0 Å². The molecule has 1 aromatic rings. The molecule has 1 saturated carbocycles. The normalized spacial score (nSPS) is 26.4. The molecule has 5 nitrogen and oxygen atoms in total. The molecule has 0 saturated heterocycles. The second-order valence-electron chi connectivity index (χ2n) is 6.97. The van der Waals surface area contributed by atoms with Crippen LogP contribution in [0.4, 0.5) is 0 Å². The van der Waals surface area contributed by atoms with E-state index in [0.717, 1.165) is 12.0 Å². The van der Waals surface area contributed by atoms with Crippen LogP contribution in [0.3, 0.4) is 0 Å². The zero-order valence-corrected chi connectivity index (χ0v) is 14.3. The van der Waals surface area contributed by atoms with E-state index in [9.17, 15) is 19.8 Å². The standard InChI is InChI=1S/C19H27NO4/c1-12-8-9-15(16(10-12)19(23)24)18(22)20-17(11-21)13(2)14-6-4-3-5-7-14/h3-7,12-13,15-17,21H,8-11H2,1-2H3,(H,20,22)(H,23,24)/t12?,13-,15?,16?,17-/m0/s1. The number of carboxylic acid groups (broad SMARTS) is 1. The van der Waals surface area contributed by atoms with Gasteiger partial charge >= 0.3 is 5.97 Å². The van der Waals surface area contributed by atoms with Crippen LogP contribution in [0.15, 0.2) is 30.3 Å². The summed E-state index contributed by atoms with van der Waals surface area (Å²) in [6, 6.07) is 9.26. The third-order valence-corrected chi connectivity index (χ3v) is 5.22. The third-order valence-electron chi connectivity index (χ3n) is 5.22. The number of benzene rings is 1. The Morgan fingerprint density at radius 2 is 1.88 bits per heavy atom. The van der Waals surface area contributed by atoms with E-state index in [2.05, 4.69) is 5.32 Å². The third kappa shape index (κ3) is 4.35. The molecule has 24 heavy (non-hydrogen) atoms. The second kappa shape index (κ2) is 8.29. The van der Waals surface area contributed by atoms with E-state index in [-0.39, 0.29) is 18.4 Å². The predicted octanol–water partition coefficient (Wildman–Crippen LogP) is 2.40. The molecule has 5 atom stereocenters. The quantitative estimate of drug-likeness (QED) is 0.746. The summed E-state index contributed by atoms with van der Waals surface area (Å²) < 4.78 is 0. The predicted molar refractivity (Wildman–Crippen MR) is 91.5 cm³/mol. The van der Waals surface area contributed by atoms with Gasteiger partial charge in [0, 0.05) is 5.92 Å². The van der Waals surface area contributed by atoms with Crippen molar-refractivity contribution >= 4 is 11.9 Å². The van der Waals surface area contributed by atoms with Crippen molar-refractivity contribution < 1.29 is 19.8 Å².